The Morgan fingerprint density at radius 3 is 2.45 bits per heavy atom. The molecule has 3 nitrogen and oxygen atoms in total. The molecule has 2 N–H and O–H groups in total. The highest BCUT2D eigenvalue weighted by atomic mass is 16.1. The molecule has 3 heteroatoms. The van der Waals surface area contributed by atoms with Crippen molar-refractivity contribution in [1.29, 1.82) is 0 Å². The Labute approximate surface area is 132 Å². The van der Waals surface area contributed by atoms with Crippen molar-refractivity contribution >= 4 is 11.6 Å². The van der Waals surface area contributed by atoms with Gasteiger partial charge in [-0.1, -0.05) is 55.0 Å². The molecule has 0 bridgehead atoms. The van der Waals surface area contributed by atoms with Crippen LogP contribution >= 0.6 is 0 Å². The zero-order valence-electron chi connectivity index (χ0n) is 13.5. The summed E-state index contributed by atoms with van der Waals surface area (Å²) in [5.74, 6) is -0.0127. The smallest absolute Gasteiger partial charge is 0.238 e. The third kappa shape index (κ3) is 4.43. The molecule has 1 atom stereocenters. The van der Waals surface area contributed by atoms with Crippen molar-refractivity contribution in [2.45, 2.75) is 33.2 Å². The molecule has 0 aromatic heterocycles. The van der Waals surface area contributed by atoms with Crippen molar-refractivity contribution in [3.05, 3.63) is 65.2 Å². The van der Waals surface area contributed by atoms with Gasteiger partial charge < -0.3 is 10.6 Å². The predicted molar refractivity (Wildman–Crippen MR) is 92.0 cm³/mol. The molecule has 0 fully saturated rings. The number of carbonyl (C=O) groups excluding carboxylic acids is 1. The number of aryl methyl sites for hydroxylation is 2. The lowest BCUT2D eigenvalue weighted by Gasteiger charge is -2.17. The lowest BCUT2D eigenvalue weighted by molar-refractivity contribution is -0.115. The molecule has 2 aromatic rings. The third-order valence-corrected chi connectivity index (χ3v) is 3.78. The zero-order valence-corrected chi connectivity index (χ0v) is 13.5. The van der Waals surface area contributed by atoms with Crippen LogP contribution in [0.4, 0.5) is 5.69 Å². The summed E-state index contributed by atoms with van der Waals surface area (Å²) in [7, 11) is 0. The highest BCUT2D eigenvalue weighted by Crippen LogP contribution is 2.17. The Morgan fingerprint density at radius 2 is 1.82 bits per heavy atom. The maximum Gasteiger partial charge on any atom is 0.238 e. The fourth-order valence-corrected chi connectivity index (χ4v) is 2.55. The monoisotopic (exact) mass is 296 g/mol. The van der Waals surface area contributed by atoms with Gasteiger partial charge in [0.1, 0.15) is 0 Å². The van der Waals surface area contributed by atoms with Gasteiger partial charge in [0, 0.05) is 11.7 Å². The van der Waals surface area contributed by atoms with Crippen LogP contribution < -0.4 is 10.6 Å². The summed E-state index contributed by atoms with van der Waals surface area (Å²) >= 11 is 0. The average Bonchev–Trinajstić information content (AvgIpc) is 2.52. The summed E-state index contributed by atoms with van der Waals surface area (Å²) in [4.78, 5) is 12.1. The van der Waals surface area contributed by atoms with E-state index in [-0.39, 0.29) is 11.9 Å². The second-order valence-corrected chi connectivity index (χ2v) is 5.62. The van der Waals surface area contributed by atoms with Gasteiger partial charge in [-0.2, -0.15) is 0 Å². The number of hydrogen-bond donors (Lipinski definition) is 2. The van der Waals surface area contributed by atoms with Crippen LogP contribution in [0.5, 0.6) is 0 Å². The zero-order chi connectivity index (χ0) is 15.9. The number of hydrogen-bond acceptors (Lipinski definition) is 2. The van der Waals surface area contributed by atoms with E-state index in [1.54, 1.807) is 0 Å². The van der Waals surface area contributed by atoms with Crippen LogP contribution in [-0.4, -0.2) is 12.5 Å². The highest BCUT2D eigenvalue weighted by molar-refractivity contribution is 5.93. The molecule has 0 radical (unpaired) electrons. The van der Waals surface area contributed by atoms with Crippen molar-refractivity contribution in [2.75, 3.05) is 11.9 Å². The Balaban J connectivity index is 1.92. The third-order valence-electron chi connectivity index (χ3n) is 3.78. The second kappa shape index (κ2) is 7.76. The fourth-order valence-electron chi connectivity index (χ4n) is 2.55. The van der Waals surface area contributed by atoms with Gasteiger partial charge in [-0.05, 0) is 37.5 Å². The Hall–Kier alpha value is -2.13. The molecule has 1 unspecified atom stereocenters. The first-order valence-electron chi connectivity index (χ1n) is 7.75. The molecule has 0 aliphatic carbocycles. The van der Waals surface area contributed by atoms with E-state index < -0.39 is 0 Å². The highest BCUT2D eigenvalue weighted by Gasteiger charge is 2.11. The predicted octanol–water partition coefficient (Wildman–Crippen LogP) is 3.98. The maximum absolute atomic E-state index is 12.1. The normalized spacial score (nSPS) is 12.0. The fraction of sp³-hybridized carbons (Fsp3) is 0.316. The largest absolute Gasteiger partial charge is 0.325 e. The first-order valence-corrected chi connectivity index (χ1v) is 7.75. The Bertz CT molecular complexity index is 623. The molecule has 0 saturated carbocycles. The number of nitrogens with one attached hydrogen (secondary N) is 2. The maximum atomic E-state index is 12.1. The number of rotatable bonds is 6. The van der Waals surface area contributed by atoms with E-state index in [1.165, 1.54) is 11.1 Å². The number of benzene rings is 2. The van der Waals surface area contributed by atoms with Gasteiger partial charge in [0.15, 0.2) is 0 Å². The molecule has 116 valence electrons. The summed E-state index contributed by atoms with van der Waals surface area (Å²) in [6, 6.07) is 16.5. The molecular formula is C19H24N2O. The lowest BCUT2D eigenvalue weighted by atomic mass is 10.0. The minimum Gasteiger partial charge on any atom is -0.325 e. The van der Waals surface area contributed by atoms with Crippen LogP contribution in [0.2, 0.25) is 0 Å². The molecule has 1 amide bonds. The molecule has 2 rings (SSSR count). The molecule has 22 heavy (non-hydrogen) atoms. The lowest BCUT2D eigenvalue weighted by Crippen LogP contribution is -2.31. The van der Waals surface area contributed by atoms with E-state index in [0.717, 1.165) is 17.7 Å². The van der Waals surface area contributed by atoms with Crippen molar-refractivity contribution in [3.63, 3.8) is 0 Å². The van der Waals surface area contributed by atoms with Gasteiger partial charge in [0.25, 0.3) is 0 Å². The Morgan fingerprint density at radius 1 is 1.09 bits per heavy atom. The van der Waals surface area contributed by atoms with E-state index in [2.05, 4.69) is 35.8 Å². The van der Waals surface area contributed by atoms with Crippen LogP contribution in [0.3, 0.4) is 0 Å². The Kier molecular flexibility index (Phi) is 5.73. The number of anilines is 1. The van der Waals surface area contributed by atoms with E-state index in [4.69, 9.17) is 0 Å². The van der Waals surface area contributed by atoms with Crippen LogP contribution in [0.25, 0.3) is 0 Å². The molecule has 0 heterocycles. The van der Waals surface area contributed by atoms with Crippen LogP contribution in [0.15, 0.2) is 48.5 Å². The first kappa shape index (κ1) is 16.2. The molecule has 2 aromatic carbocycles. The van der Waals surface area contributed by atoms with E-state index in [0.29, 0.717) is 6.54 Å². The van der Waals surface area contributed by atoms with Gasteiger partial charge >= 0.3 is 0 Å². The number of amides is 1. The number of carbonyl (C=O) groups is 1. The first-order chi connectivity index (χ1) is 10.6. The van der Waals surface area contributed by atoms with Gasteiger partial charge in [-0.25, -0.2) is 0 Å². The van der Waals surface area contributed by atoms with Crippen molar-refractivity contribution in [2.24, 2.45) is 0 Å². The summed E-state index contributed by atoms with van der Waals surface area (Å²) in [6.45, 7) is 6.48. The molecule has 0 saturated heterocycles. The van der Waals surface area contributed by atoms with Crippen molar-refractivity contribution < 1.29 is 4.79 Å². The van der Waals surface area contributed by atoms with E-state index in [1.807, 2.05) is 44.2 Å². The standard InChI is InChI=1S/C19H24N2O/c1-4-17(16-8-6-5-7-9-16)20-13-19(22)21-18-11-10-14(2)12-15(18)3/h5-12,17,20H,4,13H2,1-3H3,(H,21,22). The van der Waals surface area contributed by atoms with Crippen LogP contribution in [0, 0.1) is 13.8 Å². The molecule has 0 aliphatic rings. The van der Waals surface area contributed by atoms with E-state index in [9.17, 15) is 4.79 Å². The molecular weight excluding hydrogens is 272 g/mol. The van der Waals surface area contributed by atoms with Gasteiger partial charge in [-0.3, -0.25) is 4.79 Å². The van der Waals surface area contributed by atoms with Crippen molar-refractivity contribution in [3.8, 4) is 0 Å². The summed E-state index contributed by atoms with van der Waals surface area (Å²) in [5.41, 5.74) is 4.38. The minimum atomic E-state index is -0.0127. The summed E-state index contributed by atoms with van der Waals surface area (Å²) in [5, 5.41) is 6.29. The second-order valence-electron chi connectivity index (χ2n) is 5.62. The van der Waals surface area contributed by atoms with Gasteiger partial charge in [0.05, 0.1) is 6.54 Å². The van der Waals surface area contributed by atoms with Crippen LogP contribution in [-0.2, 0) is 4.79 Å². The summed E-state index contributed by atoms with van der Waals surface area (Å²) < 4.78 is 0. The topological polar surface area (TPSA) is 41.1 Å². The average molecular weight is 296 g/mol. The van der Waals surface area contributed by atoms with Gasteiger partial charge in [-0.15, -0.1) is 0 Å². The molecule has 0 aliphatic heterocycles. The SMILES string of the molecule is CCC(NCC(=O)Nc1ccc(C)cc1C)c1ccccc1. The minimum absolute atomic E-state index is 0.0127. The van der Waals surface area contributed by atoms with Gasteiger partial charge in [0.2, 0.25) is 5.91 Å². The quantitative estimate of drug-likeness (QED) is 0.846. The summed E-state index contributed by atoms with van der Waals surface area (Å²) in [6.07, 6.45) is 0.945. The molecule has 0 spiro atoms. The van der Waals surface area contributed by atoms with Crippen LogP contribution in [0.1, 0.15) is 36.1 Å². The van der Waals surface area contributed by atoms with Crippen molar-refractivity contribution in [1.82, 2.24) is 5.32 Å². The van der Waals surface area contributed by atoms with E-state index >= 15 is 0 Å².